The quantitative estimate of drug-likeness (QED) is 0.592. The van der Waals surface area contributed by atoms with Crippen LogP contribution in [-0.2, 0) is 9.59 Å². The van der Waals surface area contributed by atoms with E-state index in [9.17, 15) is 9.59 Å². The Morgan fingerprint density at radius 2 is 2.29 bits per heavy atom. The molecule has 0 radical (unpaired) electrons. The highest BCUT2D eigenvalue weighted by Crippen LogP contribution is 2.04. The van der Waals surface area contributed by atoms with E-state index in [2.05, 4.69) is 20.0 Å². The fourth-order valence-electron chi connectivity index (χ4n) is 0.644. The van der Waals surface area contributed by atoms with E-state index in [4.69, 9.17) is 5.11 Å². The van der Waals surface area contributed by atoms with Gasteiger partial charge in [-0.1, -0.05) is 0 Å². The molecule has 0 fully saturated rings. The highest BCUT2D eigenvalue weighted by atomic mass is 32.1. The summed E-state index contributed by atoms with van der Waals surface area (Å²) in [7, 11) is 0. The minimum Gasteiger partial charge on any atom is -0.480 e. The minimum atomic E-state index is -1.07. The second-order valence-electron chi connectivity index (χ2n) is 2.27. The zero-order chi connectivity index (χ0) is 10.4. The Balaban J connectivity index is 2.18. The summed E-state index contributed by atoms with van der Waals surface area (Å²) in [4.78, 5) is 24.8. The van der Waals surface area contributed by atoms with Crippen LogP contribution in [0.2, 0.25) is 0 Å². The van der Waals surface area contributed by atoms with Gasteiger partial charge >= 0.3 is 5.97 Å². The molecule has 0 aromatic carbocycles. The molecule has 0 atom stereocenters. The van der Waals surface area contributed by atoms with Crippen molar-refractivity contribution in [2.24, 2.45) is 0 Å². The number of nitrogens with zero attached hydrogens (tertiary/aromatic N) is 2. The topological polar surface area (TPSA) is 104 Å². The van der Waals surface area contributed by atoms with Crippen LogP contribution in [0.25, 0.3) is 0 Å². The molecular weight excluding hydrogens is 208 g/mol. The average molecular weight is 216 g/mol. The van der Waals surface area contributed by atoms with Gasteiger partial charge in [-0.15, -0.1) is 0 Å². The number of carboxylic acid groups (broad SMARTS) is 1. The van der Waals surface area contributed by atoms with Crippen LogP contribution < -0.4 is 10.6 Å². The third-order valence-corrected chi connectivity index (χ3v) is 1.82. The maximum Gasteiger partial charge on any atom is 0.322 e. The minimum absolute atomic E-state index is 0.0114. The van der Waals surface area contributed by atoms with E-state index in [0.29, 0.717) is 5.13 Å². The molecule has 0 aliphatic carbocycles. The van der Waals surface area contributed by atoms with E-state index in [1.165, 1.54) is 6.33 Å². The van der Waals surface area contributed by atoms with Gasteiger partial charge in [-0.05, 0) is 0 Å². The predicted molar refractivity (Wildman–Crippen MR) is 49.0 cm³/mol. The SMILES string of the molecule is O=C(O)CNC(=O)CNc1ncns1. The highest BCUT2D eigenvalue weighted by Gasteiger charge is 2.04. The number of amides is 1. The zero-order valence-electron chi connectivity index (χ0n) is 7.06. The van der Waals surface area contributed by atoms with Crippen LogP contribution in [-0.4, -0.2) is 39.4 Å². The van der Waals surface area contributed by atoms with Crippen molar-refractivity contribution >= 4 is 28.5 Å². The number of carbonyl (C=O) groups excluding carboxylic acids is 1. The second kappa shape index (κ2) is 5.12. The summed E-state index contributed by atoms with van der Waals surface area (Å²) in [5, 5.41) is 13.7. The van der Waals surface area contributed by atoms with Crippen LogP contribution in [0.1, 0.15) is 0 Å². The molecule has 0 aliphatic rings. The maximum absolute atomic E-state index is 11.0. The van der Waals surface area contributed by atoms with Crippen molar-refractivity contribution in [3.05, 3.63) is 6.33 Å². The molecule has 1 amide bonds. The van der Waals surface area contributed by atoms with Gasteiger partial charge in [-0.3, -0.25) is 9.59 Å². The molecule has 14 heavy (non-hydrogen) atoms. The summed E-state index contributed by atoms with van der Waals surface area (Å²) in [6.07, 6.45) is 1.36. The molecule has 7 nitrogen and oxygen atoms in total. The Morgan fingerprint density at radius 3 is 2.86 bits per heavy atom. The van der Waals surface area contributed by atoms with Gasteiger partial charge in [0.25, 0.3) is 0 Å². The molecule has 1 heterocycles. The van der Waals surface area contributed by atoms with Crippen molar-refractivity contribution in [2.45, 2.75) is 0 Å². The van der Waals surface area contributed by atoms with E-state index in [-0.39, 0.29) is 13.1 Å². The number of carbonyl (C=O) groups is 2. The van der Waals surface area contributed by atoms with Crippen LogP contribution in [0.4, 0.5) is 5.13 Å². The van der Waals surface area contributed by atoms with E-state index >= 15 is 0 Å². The van der Waals surface area contributed by atoms with E-state index in [1.807, 2.05) is 0 Å². The van der Waals surface area contributed by atoms with Crippen molar-refractivity contribution in [1.29, 1.82) is 0 Å². The number of rotatable bonds is 5. The van der Waals surface area contributed by atoms with Crippen molar-refractivity contribution in [2.75, 3.05) is 18.4 Å². The number of anilines is 1. The third-order valence-electron chi connectivity index (χ3n) is 1.20. The first-order chi connectivity index (χ1) is 6.68. The van der Waals surface area contributed by atoms with Gasteiger partial charge in [-0.25, -0.2) is 4.98 Å². The van der Waals surface area contributed by atoms with Gasteiger partial charge in [0.15, 0.2) is 0 Å². The lowest BCUT2D eigenvalue weighted by atomic mass is 10.5. The van der Waals surface area contributed by atoms with E-state index < -0.39 is 11.9 Å². The molecule has 0 saturated carbocycles. The first-order valence-corrected chi connectivity index (χ1v) is 4.45. The molecule has 1 aromatic rings. The number of hydrogen-bond donors (Lipinski definition) is 3. The second-order valence-corrected chi connectivity index (χ2v) is 3.05. The summed E-state index contributed by atoms with van der Waals surface area (Å²) < 4.78 is 3.72. The Hall–Kier alpha value is -1.70. The average Bonchev–Trinajstić information content (AvgIpc) is 2.63. The lowest BCUT2D eigenvalue weighted by molar-refractivity contribution is -0.137. The first kappa shape index (κ1) is 10.4. The normalized spacial score (nSPS) is 9.43. The largest absolute Gasteiger partial charge is 0.480 e. The van der Waals surface area contributed by atoms with Gasteiger partial charge in [-0.2, -0.15) is 4.37 Å². The van der Waals surface area contributed by atoms with E-state index in [1.54, 1.807) is 0 Å². The number of hydrogen-bond acceptors (Lipinski definition) is 6. The maximum atomic E-state index is 11.0. The summed E-state index contributed by atoms with van der Waals surface area (Å²) in [5.41, 5.74) is 0. The lowest BCUT2D eigenvalue weighted by Crippen LogP contribution is -2.33. The van der Waals surface area contributed by atoms with Gasteiger partial charge < -0.3 is 15.7 Å². The Morgan fingerprint density at radius 1 is 1.50 bits per heavy atom. The van der Waals surface area contributed by atoms with Crippen LogP contribution in [0.3, 0.4) is 0 Å². The highest BCUT2D eigenvalue weighted by molar-refractivity contribution is 7.09. The van der Waals surface area contributed by atoms with Crippen LogP contribution in [0.15, 0.2) is 6.33 Å². The Kier molecular flexibility index (Phi) is 3.80. The smallest absolute Gasteiger partial charge is 0.322 e. The lowest BCUT2D eigenvalue weighted by Gasteiger charge is -2.01. The van der Waals surface area contributed by atoms with Crippen LogP contribution in [0, 0.1) is 0 Å². The molecule has 0 bridgehead atoms. The summed E-state index contributed by atoms with van der Waals surface area (Å²) >= 11 is 1.12. The number of nitrogens with one attached hydrogen (secondary N) is 2. The molecule has 1 aromatic heterocycles. The van der Waals surface area contributed by atoms with Gasteiger partial charge in [0.1, 0.15) is 12.9 Å². The monoisotopic (exact) mass is 216 g/mol. The van der Waals surface area contributed by atoms with Crippen molar-refractivity contribution in [3.8, 4) is 0 Å². The molecule has 1 rings (SSSR count). The van der Waals surface area contributed by atoms with Gasteiger partial charge in [0.05, 0.1) is 6.54 Å². The molecule has 0 spiro atoms. The number of carboxylic acids is 1. The standard InChI is InChI=1S/C6H8N4O3S/c11-4(7-2-5(12)13)1-8-6-9-3-10-14-6/h3H,1-2H2,(H,7,11)(H,12,13)(H,8,9,10). The molecule has 0 saturated heterocycles. The van der Waals surface area contributed by atoms with Crippen molar-refractivity contribution in [3.63, 3.8) is 0 Å². The van der Waals surface area contributed by atoms with Gasteiger partial charge in [0.2, 0.25) is 11.0 Å². The molecule has 0 aliphatic heterocycles. The van der Waals surface area contributed by atoms with E-state index in [0.717, 1.165) is 11.5 Å². The molecule has 8 heteroatoms. The summed E-state index contributed by atoms with van der Waals surface area (Å²) in [6.45, 7) is -0.390. The summed E-state index contributed by atoms with van der Waals surface area (Å²) in [5.74, 6) is -1.48. The molecule has 3 N–H and O–H groups in total. The van der Waals surface area contributed by atoms with Crippen molar-refractivity contribution < 1.29 is 14.7 Å². The van der Waals surface area contributed by atoms with Crippen LogP contribution >= 0.6 is 11.5 Å². The Labute approximate surface area is 83.3 Å². The third kappa shape index (κ3) is 3.81. The zero-order valence-corrected chi connectivity index (χ0v) is 7.87. The molecule has 0 unspecified atom stereocenters. The van der Waals surface area contributed by atoms with Gasteiger partial charge in [0, 0.05) is 11.5 Å². The first-order valence-electron chi connectivity index (χ1n) is 3.67. The fourth-order valence-corrected chi connectivity index (χ4v) is 1.07. The number of aromatic nitrogens is 2. The molecular formula is C6H8N4O3S. The Bertz CT molecular complexity index is 313. The number of aliphatic carboxylic acids is 1. The van der Waals surface area contributed by atoms with Crippen molar-refractivity contribution in [1.82, 2.24) is 14.7 Å². The molecule has 76 valence electrons. The van der Waals surface area contributed by atoms with Crippen LogP contribution in [0.5, 0.6) is 0 Å². The fraction of sp³-hybridized carbons (Fsp3) is 0.333. The predicted octanol–water partition coefficient (Wildman–Crippen LogP) is -0.849. The summed E-state index contributed by atoms with van der Waals surface area (Å²) in [6, 6.07) is 0.